The van der Waals surface area contributed by atoms with Crippen LogP contribution in [0.4, 0.5) is 0 Å². The molecule has 0 aliphatic carbocycles. The summed E-state index contributed by atoms with van der Waals surface area (Å²) in [5.74, 6) is 1.17. The molecule has 0 saturated carbocycles. The van der Waals surface area contributed by atoms with Crippen molar-refractivity contribution in [1.82, 2.24) is 15.5 Å². The first kappa shape index (κ1) is 9.95. The molecule has 3 heterocycles. The second-order valence-corrected chi connectivity index (χ2v) is 4.73. The molecule has 1 aliphatic heterocycles. The van der Waals surface area contributed by atoms with Crippen LogP contribution in [0.1, 0.15) is 18.4 Å². The maximum absolute atomic E-state index is 9.40. The van der Waals surface area contributed by atoms with E-state index >= 15 is 0 Å². The highest BCUT2D eigenvalue weighted by molar-refractivity contribution is 7.13. The number of hydrogen-bond acceptors (Lipinski definition) is 6. The summed E-state index contributed by atoms with van der Waals surface area (Å²) in [6, 6.07) is 3.89. The molecular weight excluding hydrogens is 226 g/mol. The summed E-state index contributed by atoms with van der Waals surface area (Å²) in [6.07, 6.45) is 0.314. The molecule has 2 aromatic heterocycles. The van der Waals surface area contributed by atoms with E-state index in [-0.39, 0.29) is 12.1 Å². The van der Waals surface area contributed by atoms with E-state index in [0.29, 0.717) is 24.7 Å². The molecule has 2 atom stereocenters. The molecule has 1 aliphatic rings. The first-order chi connectivity index (χ1) is 7.83. The largest absolute Gasteiger partial charge is 0.392 e. The Labute approximate surface area is 96.1 Å². The van der Waals surface area contributed by atoms with Gasteiger partial charge in [0.1, 0.15) is 0 Å². The van der Waals surface area contributed by atoms with Crippen LogP contribution in [0.5, 0.6) is 0 Å². The van der Waals surface area contributed by atoms with Crippen LogP contribution in [-0.4, -0.2) is 27.9 Å². The van der Waals surface area contributed by atoms with E-state index in [0.717, 1.165) is 4.88 Å². The summed E-state index contributed by atoms with van der Waals surface area (Å²) in [5, 5.41) is 18.4. The van der Waals surface area contributed by atoms with Crippen LogP contribution in [0.3, 0.4) is 0 Å². The fourth-order valence-corrected chi connectivity index (χ4v) is 2.44. The third-order valence-electron chi connectivity index (χ3n) is 2.59. The number of aliphatic hydroxyl groups is 1. The van der Waals surface area contributed by atoms with Crippen LogP contribution < -0.4 is 5.32 Å². The predicted octanol–water partition coefficient (Wildman–Crippen LogP) is 1.19. The van der Waals surface area contributed by atoms with Crippen LogP contribution in [0.25, 0.3) is 10.7 Å². The minimum Gasteiger partial charge on any atom is -0.392 e. The van der Waals surface area contributed by atoms with Crippen molar-refractivity contribution in [3.63, 3.8) is 0 Å². The number of thiophene rings is 1. The van der Waals surface area contributed by atoms with Crippen molar-refractivity contribution in [2.75, 3.05) is 6.54 Å². The van der Waals surface area contributed by atoms with Gasteiger partial charge >= 0.3 is 0 Å². The van der Waals surface area contributed by atoms with Gasteiger partial charge in [-0.1, -0.05) is 11.2 Å². The number of aliphatic hydroxyl groups excluding tert-OH is 1. The zero-order chi connectivity index (χ0) is 11.0. The molecule has 0 spiro atoms. The molecule has 1 fully saturated rings. The molecule has 0 bridgehead atoms. The second kappa shape index (κ2) is 3.97. The van der Waals surface area contributed by atoms with Gasteiger partial charge in [0, 0.05) is 6.54 Å². The number of β-amino-alcohol motifs (C(OH)–C–C–N with tert-alkyl or cyclic N) is 1. The van der Waals surface area contributed by atoms with E-state index in [2.05, 4.69) is 15.5 Å². The van der Waals surface area contributed by atoms with Gasteiger partial charge in [-0.3, -0.25) is 0 Å². The van der Waals surface area contributed by atoms with E-state index in [1.165, 1.54) is 0 Å². The lowest BCUT2D eigenvalue weighted by molar-refractivity contribution is 0.191. The Balaban J connectivity index is 1.83. The maximum atomic E-state index is 9.40. The Morgan fingerprint density at radius 3 is 3.19 bits per heavy atom. The summed E-state index contributed by atoms with van der Waals surface area (Å²) in [6.45, 7) is 0.585. The van der Waals surface area contributed by atoms with Gasteiger partial charge in [-0.2, -0.15) is 4.98 Å². The highest BCUT2D eigenvalue weighted by Crippen LogP contribution is 2.26. The van der Waals surface area contributed by atoms with Crippen molar-refractivity contribution < 1.29 is 9.63 Å². The summed E-state index contributed by atoms with van der Waals surface area (Å²) >= 11 is 1.58. The summed E-state index contributed by atoms with van der Waals surface area (Å²) < 4.78 is 5.19. The van der Waals surface area contributed by atoms with Gasteiger partial charge in [-0.25, -0.2) is 0 Å². The Bertz CT molecular complexity index is 468. The molecule has 0 amide bonds. The molecule has 2 aromatic rings. The van der Waals surface area contributed by atoms with E-state index in [1.807, 2.05) is 17.5 Å². The minimum atomic E-state index is -0.318. The number of nitrogens with zero attached hydrogens (tertiary/aromatic N) is 2. The number of aromatic nitrogens is 2. The topological polar surface area (TPSA) is 71.2 Å². The monoisotopic (exact) mass is 237 g/mol. The average Bonchev–Trinajstić information content (AvgIpc) is 2.97. The molecule has 0 aromatic carbocycles. The molecule has 2 N–H and O–H groups in total. The Hall–Kier alpha value is -1.24. The minimum absolute atomic E-state index is 0.0174. The standard InChI is InChI=1S/C10H11N3O2S/c14-6-4-7(11-5-6)10-12-9(13-15-10)8-2-1-3-16-8/h1-3,6-7,11,14H,4-5H2/t6?,7-/m0/s1. The van der Waals surface area contributed by atoms with Crippen molar-refractivity contribution in [2.45, 2.75) is 18.6 Å². The molecule has 1 unspecified atom stereocenters. The molecular formula is C10H11N3O2S. The van der Waals surface area contributed by atoms with Gasteiger partial charge in [-0.05, 0) is 17.9 Å². The molecule has 16 heavy (non-hydrogen) atoms. The Morgan fingerprint density at radius 1 is 1.56 bits per heavy atom. The lowest BCUT2D eigenvalue weighted by atomic mass is 10.2. The van der Waals surface area contributed by atoms with Crippen LogP contribution in [0, 0.1) is 0 Å². The first-order valence-electron chi connectivity index (χ1n) is 5.12. The summed E-state index contributed by atoms with van der Waals surface area (Å²) in [7, 11) is 0. The lowest BCUT2D eigenvalue weighted by Gasteiger charge is -2.01. The maximum Gasteiger partial charge on any atom is 0.244 e. The van der Waals surface area contributed by atoms with Gasteiger partial charge in [-0.15, -0.1) is 11.3 Å². The lowest BCUT2D eigenvalue weighted by Crippen LogP contribution is -2.15. The van der Waals surface area contributed by atoms with Crippen molar-refractivity contribution in [1.29, 1.82) is 0 Å². The van der Waals surface area contributed by atoms with Gasteiger partial charge in [0.05, 0.1) is 17.0 Å². The third-order valence-corrected chi connectivity index (χ3v) is 3.45. The molecule has 6 heteroatoms. The fourth-order valence-electron chi connectivity index (χ4n) is 1.79. The third kappa shape index (κ3) is 1.75. The van der Waals surface area contributed by atoms with Crippen LogP contribution >= 0.6 is 11.3 Å². The Morgan fingerprint density at radius 2 is 2.50 bits per heavy atom. The molecule has 3 rings (SSSR count). The zero-order valence-electron chi connectivity index (χ0n) is 8.46. The van der Waals surface area contributed by atoms with Crippen molar-refractivity contribution >= 4 is 11.3 Å². The SMILES string of the molecule is OC1CN[C@H](c2nc(-c3cccs3)no2)C1. The number of nitrogens with one attached hydrogen (secondary N) is 1. The molecule has 1 saturated heterocycles. The quantitative estimate of drug-likeness (QED) is 0.821. The first-order valence-corrected chi connectivity index (χ1v) is 6.00. The summed E-state index contributed by atoms with van der Waals surface area (Å²) in [5.41, 5.74) is 0. The second-order valence-electron chi connectivity index (χ2n) is 3.78. The highest BCUT2D eigenvalue weighted by Gasteiger charge is 2.28. The predicted molar refractivity (Wildman–Crippen MR) is 59.0 cm³/mol. The molecule has 5 nitrogen and oxygen atoms in total. The van der Waals surface area contributed by atoms with Gasteiger partial charge in [0.25, 0.3) is 0 Å². The van der Waals surface area contributed by atoms with Crippen molar-refractivity contribution in [3.05, 3.63) is 23.4 Å². The van der Waals surface area contributed by atoms with Crippen molar-refractivity contribution in [2.24, 2.45) is 0 Å². The zero-order valence-corrected chi connectivity index (χ0v) is 9.28. The van der Waals surface area contributed by atoms with Crippen LogP contribution in [-0.2, 0) is 0 Å². The number of hydrogen-bond donors (Lipinski definition) is 2. The van der Waals surface area contributed by atoms with E-state index in [4.69, 9.17) is 4.52 Å². The van der Waals surface area contributed by atoms with Gasteiger partial charge in [0.15, 0.2) is 0 Å². The Kier molecular flexibility index (Phi) is 2.47. The average molecular weight is 237 g/mol. The van der Waals surface area contributed by atoms with E-state index < -0.39 is 0 Å². The molecule has 84 valence electrons. The van der Waals surface area contributed by atoms with Crippen LogP contribution in [0.2, 0.25) is 0 Å². The highest BCUT2D eigenvalue weighted by atomic mass is 32.1. The fraction of sp³-hybridized carbons (Fsp3) is 0.400. The summed E-state index contributed by atoms with van der Waals surface area (Å²) in [4.78, 5) is 5.32. The van der Waals surface area contributed by atoms with Crippen molar-refractivity contribution in [3.8, 4) is 10.7 Å². The number of rotatable bonds is 2. The van der Waals surface area contributed by atoms with Crippen LogP contribution in [0.15, 0.2) is 22.0 Å². The molecule has 0 radical (unpaired) electrons. The van der Waals surface area contributed by atoms with E-state index in [1.54, 1.807) is 11.3 Å². The van der Waals surface area contributed by atoms with Gasteiger partial charge < -0.3 is 14.9 Å². The smallest absolute Gasteiger partial charge is 0.244 e. The van der Waals surface area contributed by atoms with E-state index in [9.17, 15) is 5.11 Å². The van der Waals surface area contributed by atoms with Gasteiger partial charge in [0.2, 0.25) is 11.7 Å². The normalized spacial score (nSPS) is 25.1.